The number of hydrogen-bond donors (Lipinski definition) is 1. The van der Waals surface area contributed by atoms with E-state index in [0.717, 1.165) is 30.6 Å². The van der Waals surface area contributed by atoms with Gasteiger partial charge in [0.2, 0.25) is 5.13 Å². The third-order valence-electron chi connectivity index (χ3n) is 8.21. The Morgan fingerprint density at radius 2 is 1.90 bits per heavy atom. The number of methoxy groups -OCH3 is 1. The van der Waals surface area contributed by atoms with Gasteiger partial charge in [-0.2, -0.15) is 0 Å². The highest BCUT2D eigenvalue weighted by Gasteiger charge is 2.70. The number of aryl methyl sites for hydroxylation is 1. The van der Waals surface area contributed by atoms with E-state index in [0.29, 0.717) is 17.5 Å². The Kier molecular flexibility index (Phi) is 7.21. The topological polar surface area (TPSA) is 108 Å². The lowest BCUT2D eigenvalue weighted by Crippen LogP contribution is -2.73. The minimum absolute atomic E-state index is 0.00755. The van der Waals surface area contributed by atoms with Crippen LogP contribution in [0.3, 0.4) is 0 Å². The van der Waals surface area contributed by atoms with Crippen molar-refractivity contribution in [1.82, 2.24) is 20.2 Å². The van der Waals surface area contributed by atoms with Crippen LogP contribution in [0.25, 0.3) is 11.1 Å². The van der Waals surface area contributed by atoms with Gasteiger partial charge in [0.1, 0.15) is 5.75 Å². The van der Waals surface area contributed by atoms with Crippen LogP contribution in [0.2, 0.25) is 23.3 Å². The van der Waals surface area contributed by atoms with E-state index in [2.05, 4.69) is 59.3 Å². The Balaban J connectivity index is 1.23. The molecule has 3 heterocycles. The van der Waals surface area contributed by atoms with E-state index in [1.807, 2.05) is 0 Å². The van der Waals surface area contributed by atoms with E-state index in [9.17, 15) is 4.79 Å². The van der Waals surface area contributed by atoms with Gasteiger partial charge in [0, 0.05) is 22.9 Å². The van der Waals surface area contributed by atoms with E-state index in [1.165, 1.54) is 19.5 Å². The fraction of sp³-hybridized carbons (Fsp3) is 0.519. The molecule has 40 heavy (non-hydrogen) atoms. The first-order valence-corrected chi connectivity index (χ1v) is 17.1. The van der Waals surface area contributed by atoms with Crippen molar-refractivity contribution < 1.29 is 23.1 Å². The molecular formula is C27H33ClFN5O4SSi. The highest BCUT2D eigenvalue weighted by molar-refractivity contribution is 7.17. The summed E-state index contributed by atoms with van der Waals surface area (Å²) in [6.07, 6.45) is 5.67. The summed E-state index contributed by atoms with van der Waals surface area (Å²) in [5.74, 6) is -1.20. The first-order chi connectivity index (χ1) is 18.7. The van der Waals surface area contributed by atoms with Gasteiger partial charge in [-0.15, -0.1) is 5.10 Å². The molecule has 1 amide bonds. The Morgan fingerprint density at radius 1 is 1.20 bits per heavy atom. The zero-order chi connectivity index (χ0) is 29.1. The molecule has 0 unspecified atom stereocenters. The predicted octanol–water partition coefficient (Wildman–Crippen LogP) is 6.68. The number of halogens is 2. The van der Waals surface area contributed by atoms with Gasteiger partial charge in [-0.25, -0.2) is 9.37 Å². The third-order valence-corrected chi connectivity index (χ3v) is 13.8. The third kappa shape index (κ3) is 5.22. The summed E-state index contributed by atoms with van der Waals surface area (Å²) < 4.78 is 33.0. The molecule has 13 heteroatoms. The molecule has 3 aromatic rings. The molecule has 3 aliphatic rings. The standard InChI is InChI=1S/C27H33ClFN5O4SSi/c1-15-8-16(19-18(36-5)10-31-21(28)20(19)29)17(9-30-15)22(35)32-23-33-34-24(39-23)37-14-26-11-27(12-26,13-26)38-40(6,7)25(2,3)4/h8-10H,11-14H2,1-7H3,(H,32,33,35). The number of hydrogen-bond acceptors (Lipinski definition) is 9. The summed E-state index contributed by atoms with van der Waals surface area (Å²) >= 11 is 7.06. The molecule has 0 aliphatic heterocycles. The Morgan fingerprint density at radius 3 is 2.55 bits per heavy atom. The maximum absolute atomic E-state index is 15.0. The van der Waals surface area contributed by atoms with Crippen molar-refractivity contribution in [3.8, 4) is 22.1 Å². The SMILES string of the molecule is COc1cnc(Cl)c(F)c1-c1cc(C)ncc1C(=O)Nc1nnc(OCC23CC(O[Si](C)(C)C(C)(C)C)(C2)C3)s1. The zero-order valence-corrected chi connectivity index (χ0v) is 26.2. The van der Waals surface area contributed by atoms with Gasteiger partial charge in [0.15, 0.2) is 19.3 Å². The van der Waals surface area contributed by atoms with Crippen LogP contribution in [0.4, 0.5) is 9.52 Å². The Hall–Kier alpha value is -2.67. The number of pyridine rings is 2. The maximum Gasteiger partial charge on any atom is 0.295 e. The summed E-state index contributed by atoms with van der Waals surface area (Å²) in [4.78, 5) is 21.3. The molecule has 3 aromatic heterocycles. The molecule has 1 N–H and O–H groups in total. The molecule has 0 radical (unpaired) electrons. The zero-order valence-electron chi connectivity index (χ0n) is 23.6. The highest BCUT2D eigenvalue weighted by atomic mass is 35.5. The molecule has 6 rings (SSSR count). The molecule has 0 spiro atoms. The number of rotatable bonds is 9. The van der Waals surface area contributed by atoms with Crippen LogP contribution < -0.4 is 14.8 Å². The molecule has 3 saturated carbocycles. The summed E-state index contributed by atoms with van der Waals surface area (Å²) in [5, 5.41) is 11.3. The molecule has 3 aliphatic carbocycles. The van der Waals surface area contributed by atoms with Crippen LogP contribution in [0.15, 0.2) is 18.5 Å². The fourth-order valence-corrected chi connectivity index (χ4v) is 7.69. The van der Waals surface area contributed by atoms with Crippen molar-refractivity contribution >= 4 is 42.3 Å². The molecule has 2 bridgehead atoms. The lowest BCUT2D eigenvalue weighted by atomic mass is 9.41. The van der Waals surface area contributed by atoms with Crippen molar-refractivity contribution in [2.45, 2.75) is 70.7 Å². The van der Waals surface area contributed by atoms with Crippen molar-refractivity contribution in [1.29, 1.82) is 0 Å². The molecular weight excluding hydrogens is 573 g/mol. The van der Waals surface area contributed by atoms with E-state index in [4.69, 9.17) is 25.5 Å². The highest BCUT2D eigenvalue weighted by Crippen LogP contribution is 2.70. The minimum atomic E-state index is -1.82. The van der Waals surface area contributed by atoms with Crippen LogP contribution in [-0.2, 0) is 4.43 Å². The monoisotopic (exact) mass is 605 g/mol. The van der Waals surface area contributed by atoms with Gasteiger partial charge < -0.3 is 13.9 Å². The summed E-state index contributed by atoms with van der Waals surface area (Å²) in [6, 6.07) is 1.59. The second-order valence-corrected chi connectivity index (χ2v) is 18.4. The number of aromatic nitrogens is 4. The van der Waals surface area contributed by atoms with Crippen molar-refractivity contribution in [3.05, 3.63) is 40.7 Å². The van der Waals surface area contributed by atoms with Crippen LogP contribution in [0.5, 0.6) is 10.9 Å². The number of nitrogens with zero attached hydrogens (tertiary/aromatic N) is 4. The molecule has 0 saturated heterocycles. The molecule has 214 valence electrons. The smallest absolute Gasteiger partial charge is 0.295 e. The van der Waals surface area contributed by atoms with Gasteiger partial charge in [-0.1, -0.05) is 37.5 Å². The molecule has 3 fully saturated rings. The Labute approximate surface area is 243 Å². The van der Waals surface area contributed by atoms with Crippen LogP contribution in [-0.4, -0.2) is 53.7 Å². The number of carbonyl (C=O) groups excluding carboxylic acids is 1. The van der Waals surface area contributed by atoms with Gasteiger partial charge >= 0.3 is 0 Å². The van der Waals surface area contributed by atoms with Crippen molar-refractivity contribution in [2.75, 3.05) is 19.0 Å². The van der Waals surface area contributed by atoms with E-state index in [-0.39, 0.29) is 48.8 Å². The van der Waals surface area contributed by atoms with Gasteiger partial charge in [-0.3, -0.25) is 15.1 Å². The second-order valence-electron chi connectivity index (χ2n) is 12.4. The van der Waals surface area contributed by atoms with Crippen molar-refractivity contribution in [3.63, 3.8) is 0 Å². The molecule has 0 atom stereocenters. The predicted molar refractivity (Wildman–Crippen MR) is 154 cm³/mol. The van der Waals surface area contributed by atoms with Crippen LogP contribution >= 0.6 is 22.9 Å². The molecule has 9 nitrogen and oxygen atoms in total. The fourth-order valence-electron chi connectivity index (χ4n) is 5.35. The second kappa shape index (κ2) is 10.0. The largest absolute Gasteiger partial charge is 0.494 e. The van der Waals surface area contributed by atoms with Gasteiger partial charge in [0.25, 0.3) is 11.1 Å². The Bertz CT molecular complexity index is 1460. The first kappa shape index (κ1) is 28.8. The van der Waals surface area contributed by atoms with E-state index in [1.54, 1.807) is 13.0 Å². The van der Waals surface area contributed by atoms with E-state index >= 15 is 4.39 Å². The lowest BCUT2D eigenvalue weighted by Gasteiger charge is -2.71. The number of carbonyl (C=O) groups is 1. The maximum atomic E-state index is 15.0. The van der Waals surface area contributed by atoms with E-state index < -0.39 is 20.0 Å². The number of anilines is 1. The normalized spacial score (nSPS) is 21.8. The summed E-state index contributed by atoms with van der Waals surface area (Å²) in [6.45, 7) is 13.6. The quantitative estimate of drug-likeness (QED) is 0.212. The summed E-state index contributed by atoms with van der Waals surface area (Å²) in [5.41, 5.74) is 1.11. The molecule has 0 aromatic carbocycles. The first-order valence-electron chi connectivity index (χ1n) is 13.0. The van der Waals surface area contributed by atoms with Gasteiger partial charge in [0.05, 0.1) is 36.6 Å². The van der Waals surface area contributed by atoms with Gasteiger partial charge in [-0.05, 0) is 61.7 Å². The van der Waals surface area contributed by atoms with Crippen LogP contribution in [0.1, 0.15) is 56.1 Å². The lowest BCUT2D eigenvalue weighted by molar-refractivity contribution is -0.259. The number of nitrogens with one attached hydrogen (secondary N) is 1. The number of ether oxygens (including phenoxy) is 2. The average molecular weight is 606 g/mol. The average Bonchev–Trinajstić information content (AvgIpc) is 3.27. The number of amides is 1. The summed E-state index contributed by atoms with van der Waals surface area (Å²) in [7, 11) is -0.429. The van der Waals surface area contributed by atoms with Crippen molar-refractivity contribution in [2.24, 2.45) is 5.41 Å². The van der Waals surface area contributed by atoms with Crippen LogP contribution in [0, 0.1) is 18.2 Å². The minimum Gasteiger partial charge on any atom is -0.494 e.